The molecule has 0 N–H and O–H groups in total. The zero-order valence-corrected chi connectivity index (χ0v) is 12.0. The van der Waals surface area contributed by atoms with Gasteiger partial charge in [-0.2, -0.15) is 0 Å². The maximum Gasteiger partial charge on any atom is 0.228 e. The van der Waals surface area contributed by atoms with Crippen molar-refractivity contribution in [3.05, 3.63) is 60.7 Å². The van der Waals surface area contributed by atoms with Crippen LogP contribution in [0.4, 0.5) is 11.4 Å². The molecule has 104 valence electrons. The Balaban J connectivity index is 1.89. The van der Waals surface area contributed by atoms with E-state index in [1.807, 2.05) is 74.8 Å². The maximum absolute atomic E-state index is 12.2. The van der Waals surface area contributed by atoms with Gasteiger partial charge in [0.1, 0.15) is 0 Å². The van der Waals surface area contributed by atoms with Crippen LogP contribution >= 0.6 is 0 Å². The van der Waals surface area contributed by atoms with Crippen LogP contribution in [0.15, 0.2) is 60.7 Å². The molecular weight excluding hydrogens is 248 g/mol. The van der Waals surface area contributed by atoms with Crippen LogP contribution in [0.5, 0.6) is 0 Å². The first-order chi connectivity index (χ1) is 9.68. The van der Waals surface area contributed by atoms with Gasteiger partial charge in [0.05, 0.1) is 0 Å². The summed E-state index contributed by atoms with van der Waals surface area (Å²) >= 11 is 0. The molecule has 0 heterocycles. The highest BCUT2D eigenvalue weighted by molar-refractivity contribution is 5.93. The number of rotatable bonds is 5. The molecule has 1 amide bonds. The van der Waals surface area contributed by atoms with Gasteiger partial charge in [-0.1, -0.05) is 36.4 Å². The number of carbonyl (C=O) groups excluding carboxylic acids is 1. The summed E-state index contributed by atoms with van der Waals surface area (Å²) in [6.07, 6.45) is 0.497. The Hall–Kier alpha value is -2.29. The van der Waals surface area contributed by atoms with E-state index in [0.29, 0.717) is 13.0 Å². The Morgan fingerprint density at radius 3 is 1.90 bits per heavy atom. The van der Waals surface area contributed by atoms with E-state index < -0.39 is 0 Å². The third kappa shape index (κ3) is 3.60. The van der Waals surface area contributed by atoms with Crippen molar-refractivity contribution in [1.82, 2.24) is 0 Å². The molecule has 3 nitrogen and oxygen atoms in total. The van der Waals surface area contributed by atoms with Crippen molar-refractivity contribution in [1.29, 1.82) is 0 Å². The molecule has 2 rings (SSSR count). The summed E-state index contributed by atoms with van der Waals surface area (Å²) in [6.45, 7) is 0.708. The van der Waals surface area contributed by atoms with Gasteiger partial charge >= 0.3 is 0 Å². The second-order valence-electron chi connectivity index (χ2n) is 4.80. The minimum absolute atomic E-state index is 0.124. The van der Waals surface area contributed by atoms with Crippen molar-refractivity contribution in [3.8, 4) is 0 Å². The van der Waals surface area contributed by atoms with Gasteiger partial charge in [0.25, 0.3) is 0 Å². The Bertz CT molecular complexity index is 539. The molecule has 0 saturated carbocycles. The van der Waals surface area contributed by atoms with Crippen molar-refractivity contribution in [2.75, 3.05) is 30.4 Å². The van der Waals surface area contributed by atoms with Crippen LogP contribution < -0.4 is 9.80 Å². The van der Waals surface area contributed by atoms with Crippen molar-refractivity contribution < 1.29 is 4.79 Å². The summed E-state index contributed by atoms with van der Waals surface area (Å²) in [7, 11) is 3.82. The Labute approximate surface area is 120 Å². The van der Waals surface area contributed by atoms with E-state index in [0.717, 1.165) is 11.4 Å². The molecule has 2 aromatic rings. The van der Waals surface area contributed by atoms with E-state index in [9.17, 15) is 4.79 Å². The Morgan fingerprint density at radius 2 is 1.35 bits per heavy atom. The number of hydrogen-bond donors (Lipinski definition) is 0. The van der Waals surface area contributed by atoms with Gasteiger partial charge in [0, 0.05) is 38.4 Å². The molecule has 0 aromatic heterocycles. The SMILES string of the molecule is CN(CCC(=O)N(C)c1ccccc1)c1ccccc1. The van der Waals surface area contributed by atoms with Gasteiger partial charge in [-0.05, 0) is 24.3 Å². The molecular formula is C17H20N2O. The van der Waals surface area contributed by atoms with Crippen molar-refractivity contribution in [2.24, 2.45) is 0 Å². The number of nitrogens with zero attached hydrogens (tertiary/aromatic N) is 2. The second kappa shape index (κ2) is 6.75. The molecule has 0 unspecified atom stereocenters. The fourth-order valence-electron chi connectivity index (χ4n) is 2.04. The van der Waals surface area contributed by atoms with Crippen LogP contribution in [0.2, 0.25) is 0 Å². The Morgan fingerprint density at radius 1 is 0.850 bits per heavy atom. The van der Waals surface area contributed by atoms with Crippen LogP contribution in [-0.2, 0) is 4.79 Å². The highest BCUT2D eigenvalue weighted by Crippen LogP contribution is 2.14. The predicted octanol–water partition coefficient (Wildman–Crippen LogP) is 3.18. The summed E-state index contributed by atoms with van der Waals surface area (Å²) in [5, 5.41) is 0. The van der Waals surface area contributed by atoms with Gasteiger partial charge in [-0.3, -0.25) is 4.79 Å². The van der Waals surface area contributed by atoms with Crippen LogP contribution in [0.3, 0.4) is 0 Å². The minimum atomic E-state index is 0.124. The highest BCUT2D eigenvalue weighted by Gasteiger charge is 2.11. The molecule has 0 radical (unpaired) electrons. The molecule has 3 heteroatoms. The summed E-state index contributed by atoms with van der Waals surface area (Å²) < 4.78 is 0. The molecule has 0 spiro atoms. The molecule has 0 aliphatic heterocycles. The zero-order chi connectivity index (χ0) is 14.4. The van der Waals surface area contributed by atoms with E-state index in [4.69, 9.17) is 0 Å². The number of hydrogen-bond acceptors (Lipinski definition) is 2. The van der Waals surface area contributed by atoms with E-state index in [1.165, 1.54) is 0 Å². The average molecular weight is 268 g/mol. The molecule has 0 aliphatic carbocycles. The number of benzene rings is 2. The third-order valence-corrected chi connectivity index (χ3v) is 3.38. The first kappa shape index (κ1) is 14.1. The third-order valence-electron chi connectivity index (χ3n) is 3.38. The molecule has 0 atom stereocenters. The highest BCUT2D eigenvalue weighted by atomic mass is 16.2. The van der Waals surface area contributed by atoms with E-state index in [2.05, 4.69) is 4.90 Å². The van der Waals surface area contributed by atoms with E-state index in [-0.39, 0.29) is 5.91 Å². The van der Waals surface area contributed by atoms with Crippen molar-refractivity contribution >= 4 is 17.3 Å². The lowest BCUT2D eigenvalue weighted by atomic mass is 10.2. The second-order valence-corrected chi connectivity index (χ2v) is 4.80. The molecule has 0 aliphatic rings. The number of amides is 1. The molecule has 0 fully saturated rings. The Kier molecular flexibility index (Phi) is 4.77. The lowest BCUT2D eigenvalue weighted by Gasteiger charge is -2.22. The van der Waals surface area contributed by atoms with Gasteiger partial charge in [-0.15, -0.1) is 0 Å². The van der Waals surface area contributed by atoms with Gasteiger partial charge < -0.3 is 9.80 Å². The van der Waals surface area contributed by atoms with Crippen molar-refractivity contribution in [2.45, 2.75) is 6.42 Å². The summed E-state index contributed by atoms with van der Waals surface area (Å²) in [4.78, 5) is 16.0. The predicted molar refractivity (Wildman–Crippen MR) is 84.2 cm³/mol. The first-order valence-corrected chi connectivity index (χ1v) is 6.76. The van der Waals surface area contributed by atoms with Crippen LogP contribution in [-0.4, -0.2) is 26.5 Å². The maximum atomic E-state index is 12.2. The minimum Gasteiger partial charge on any atom is -0.374 e. The van der Waals surface area contributed by atoms with Gasteiger partial charge in [-0.25, -0.2) is 0 Å². The van der Waals surface area contributed by atoms with Gasteiger partial charge in [0.15, 0.2) is 0 Å². The van der Waals surface area contributed by atoms with Crippen molar-refractivity contribution in [3.63, 3.8) is 0 Å². The van der Waals surface area contributed by atoms with E-state index >= 15 is 0 Å². The number of anilines is 2. The number of para-hydroxylation sites is 2. The molecule has 0 saturated heterocycles. The van der Waals surface area contributed by atoms with E-state index in [1.54, 1.807) is 4.90 Å². The molecule has 20 heavy (non-hydrogen) atoms. The average Bonchev–Trinajstić information content (AvgIpc) is 2.53. The fraction of sp³-hybridized carbons (Fsp3) is 0.235. The topological polar surface area (TPSA) is 23.6 Å². The largest absolute Gasteiger partial charge is 0.374 e. The summed E-state index contributed by atoms with van der Waals surface area (Å²) in [5.74, 6) is 0.124. The quantitative estimate of drug-likeness (QED) is 0.831. The van der Waals surface area contributed by atoms with Crippen LogP contribution in [0.25, 0.3) is 0 Å². The number of carbonyl (C=O) groups is 1. The molecule has 2 aromatic carbocycles. The van der Waals surface area contributed by atoms with Crippen LogP contribution in [0.1, 0.15) is 6.42 Å². The molecule has 0 bridgehead atoms. The standard InChI is InChI=1S/C17H20N2O/c1-18(15-9-5-3-6-10-15)14-13-17(20)19(2)16-11-7-4-8-12-16/h3-12H,13-14H2,1-2H3. The van der Waals surface area contributed by atoms with Crippen LogP contribution in [0, 0.1) is 0 Å². The smallest absolute Gasteiger partial charge is 0.228 e. The fourth-order valence-corrected chi connectivity index (χ4v) is 2.04. The lowest BCUT2D eigenvalue weighted by molar-refractivity contribution is -0.118. The van der Waals surface area contributed by atoms with Gasteiger partial charge in [0.2, 0.25) is 5.91 Å². The summed E-state index contributed by atoms with van der Waals surface area (Å²) in [6, 6.07) is 19.8. The zero-order valence-electron chi connectivity index (χ0n) is 12.0. The monoisotopic (exact) mass is 268 g/mol. The normalized spacial score (nSPS) is 10.1. The first-order valence-electron chi connectivity index (χ1n) is 6.76. The lowest BCUT2D eigenvalue weighted by Crippen LogP contribution is -2.30. The summed E-state index contributed by atoms with van der Waals surface area (Å²) in [5.41, 5.74) is 2.06.